The van der Waals surface area contributed by atoms with Crippen LogP contribution in [0.2, 0.25) is 5.02 Å². The molecular weight excluding hydrogens is 314 g/mol. The second-order valence-electron chi connectivity index (χ2n) is 4.25. The molecule has 0 fully saturated rings. The Labute approximate surface area is 129 Å². The third-order valence-corrected chi connectivity index (χ3v) is 4.06. The summed E-state index contributed by atoms with van der Waals surface area (Å²) in [6, 6.07) is 5.31. The van der Waals surface area contributed by atoms with E-state index in [1.165, 1.54) is 0 Å². The molecule has 21 heavy (non-hydrogen) atoms. The Kier molecular flexibility index (Phi) is 4.44. The van der Waals surface area contributed by atoms with E-state index in [9.17, 15) is 9.59 Å². The normalized spacial score (nSPS) is 10.2. The second kappa shape index (κ2) is 6.11. The third kappa shape index (κ3) is 3.50. The molecule has 6 nitrogen and oxygen atoms in total. The minimum atomic E-state index is -1.22. The summed E-state index contributed by atoms with van der Waals surface area (Å²) in [7, 11) is 0. The number of rotatable bonds is 3. The number of carbonyl (C=O) groups excluding carboxylic acids is 1. The number of carboxylic acid groups (broad SMARTS) is 1. The smallest absolute Gasteiger partial charge is 0.410 e. The monoisotopic (exact) mass is 325 g/mol. The summed E-state index contributed by atoms with van der Waals surface area (Å²) in [6.45, 7) is 3.47. The molecule has 0 aliphatic heterocycles. The van der Waals surface area contributed by atoms with Crippen molar-refractivity contribution in [2.24, 2.45) is 0 Å². The maximum Gasteiger partial charge on any atom is 0.410 e. The molecule has 2 aromatic rings. The van der Waals surface area contributed by atoms with Gasteiger partial charge in [0.15, 0.2) is 5.13 Å². The van der Waals surface area contributed by atoms with Crippen LogP contribution in [0.1, 0.15) is 20.9 Å². The highest BCUT2D eigenvalue weighted by Gasteiger charge is 2.18. The average molecular weight is 326 g/mol. The van der Waals surface area contributed by atoms with E-state index >= 15 is 0 Å². The molecule has 0 spiro atoms. The van der Waals surface area contributed by atoms with Gasteiger partial charge in [0.1, 0.15) is 4.88 Å². The van der Waals surface area contributed by atoms with Crippen LogP contribution in [0, 0.1) is 13.8 Å². The summed E-state index contributed by atoms with van der Waals surface area (Å²) >= 11 is 7.03. The number of aromatic nitrogens is 1. The van der Waals surface area contributed by atoms with Gasteiger partial charge in [-0.3, -0.25) is 10.1 Å². The van der Waals surface area contributed by atoms with Crippen LogP contribution in [0.3, 0.4) is 0 Å². The van der Waals surface area contributed by atoms with Crippen LogP contribution < -0.4 is 10.6 Å². The Hall–Kier alpha value is -2.12. The van der Waals surface area contributed by atoms with E-state index in [-0.39, 0.29) is 11.0 Å². The first kappa shape index (κ1) is 15.3. The van der Waals surface area contributed by atoms with Gasteiger partial charge in [-0.2, -0.15) is 0 Å². The molecule has 3 N–H and O–H groups in total. The van der Waals surface area contributed by atoms with Crippen LogP contribution in [0.4, 0.5) is 15.6 Å². The third-order valence-electron chi connectivity index (χ3n) is 2.68. The number of anilines is 2. The zero-order valence-corrected chi connectivity index (χ0v) is 12.8. The molecule has 2 amide bonds. The van der Waals surface area contributed by atoms with Gasteiger partial charge in [0.05, 0.1) is 16.4 Å². The van der Waals surface area contributed by atoms with Crippen molar-refractivity contribution in [3.8, 4) is 0 Å². The molecule has 0 atom stereocenters. The molecule has 8 heteroatoms. The fourth-order valence-corrected chi connectivity index (χ4v) is 2.83. The molecule has 2 rings (SSSR count). The number of benzene rings is 1. The summed E-state index contributed by atoms with van der Waals surface area (Å²) in [5.41, 5.74) is 1.82. The Bertz CT molecular complexity index is 694. The fraction of sp³-hybridized carbons (Fsp3) is 0.154. The van der Waals surface area contributed by atoms with Crippen LogP contribution in [-0.4, -0.2) is 22.1 Å². The number of nitrogens with zero attached hydrogens (tertiary/aromatic N) is 1. The maximum absolute atomic E-state index is 12.3. The molecule has 0 bridgehead atoms. The van der Waals surface area contributed by atoms with Crippen molar-refractivity contribution in [2.75, 3.05) is 10.6 Å². The van der Waals surface area contributed by atoms with Crippen molar-refractivity contribution < 1.29 is 14.7 Å². The van der Waals surface area contributed by atoms with E-state index in [0.717, 1.165) is 16.9 Å². The molecule has 1 heterocycles. The first-order chi connectivity index (χ1) is 9.88. The predicted octanol–water partition coefficient (Wildman–Crippen LogP) is 3.76. The van der Waals surface area contributed by atoms with Gasteiger partial charge in [-0.15, -0.1) is 0 Å². The van der Waals surface area contributed by atoms with Crippen LogP contribution in [0.25, 0.3) is 0 Å². The minimum Gasteiger partial charge on any atom is -0.465 e. The number of carbonyl (C=O) groups is 2. The molecule has 0 saturated heterocycles. The number of thiazole rings is 1. The minimum absolute atomic E-state index is 0.154. The van der Waals surface area contributed by atoms with E-state index in [1.54, 1.807) is 19.1 Å². The van der Waals surface area contributed by atoms with Crippen molar-refractivity contribution in [1.29, 1.82) is 0 Å². The Morgan fingerprint density at radius 1 is 1.29 bits per heavy atom. The molecule has 0 aliphatic carbocycles. The zero-order valence-electron chi connectivity index (χ0n) is 11.2. The summed E-state index contributed by atoms with van der Waals surface area (Å²) in [6.07, 6.45) is -1.22. The van der Waals surface area contributed by atoms with E-state index < -0.39 is 6.09 Å². The highest BCUT2D eigenvalue weighted by Crippen LogP contribution is 2.28. The lowest BCUT2D eigenvalue weighted by atomic mass is 10.2. The average Bonchev–Trinajstić information content (AvgIpc) is 2.74. The molecule has 1 aromatic carbocycles. The van der Waals surface area contributed by atoms with Crippen molar-refractivity contribution in [2.45, 2.75) is 13.8 Å². The molecule has 0 unspecified atom stereocenters. The van der Waals surface area contributed by atoms with E-state index in [2.05, 4.69) is 15.6 Å². The van der Waals surface area contributed by atoms with Crippen molar-refractivity contribution in [3.05, 3.63) is 39.4 Å². The van der Waals surface area contributed by atoms with Gasteiger partial charge in [0.25, 0.3) is 5.91 Å². The SMILES string of the molecule is Cc1cccc(Cl)c1NC(=O)c1sc(NC(=O)O)nc1C. The molecule has 0 aliphatic rings. The van der Waals surface area contributed by atoms with E-state index in [4.69, 9.17) is 16.7 Å². The van der Waals surface area contributed by atoms with Crippen molar-refractivity contribution in [1.82, 2.24) is 4.98 Å². The molecular formula is C13H12ClN3O3S. The number of para-hydroxylation sites is 1. The lowest BCUT2D eigenvalue weighted by Crippen LogP contribution is -2.12. The van der Waals surface area contributed by atoms with E-state index in [0.29, 0.717) is 21.3 Å². The van der Waals surface area contributed by atoms with Crippen LogP contribution in [0.15, 0.2) is 18.2 Å². The van der Waals surface area contributed by atoms with Gasteiger partial charge in [-0.05, 0) is 25.5 Å². The number of hydrogen-bond donors (Lipinski definition) is 3. The highest BCUT2D eigenvalue weighted by atomic mass is 35.5. The van der Waals surface area contributed by atoms with Gasteiger partial charge in [-0.1, -0.05) is 35.1 Å². The molecule has 0 radical (unpaired) electrons. The lowest BCUT2D eigenvalue weighted by Gasteiger charge is -2.09. The van der Waals surface area contributed by atoms with Crippen molar-refractivity contribution in [3.63, 3.8) is 0 Å². The summed E-state index contributed by atoms with van der Waals surface area (Å²) in [5, 5.41) is 14.1. The number of amides is 2. The van der Waals surface area contributed by atoms with Crippen LogP contribution in [-0.2, 0) is 0 Å². The first-order valence-corrected chi connectivity index (χ1v) is 7.11. The largest absolute Gasteiger partial charge is 0.465 e. The summed E-state index contributed by atoms with van der Waals surface area (Å²) in [4.78, 5) is 27.2. The fourth-order valence-electron chi connectivity index (χ4n) is 1.71. The van der Waals surface area contributed by atoms with Gasteiger partial charge in [-0.25, -0.2) is 9.78 Å². The lowest BCUT2D eigenvalue weighted by molar-refractivity contribution is 0.102. The Balaban J connectivity index is 2.25. The zero-order chi connectivity index (χ0) is 15.6. The number of halogens is 1. The van der Waals surface area contributed by atoms with Gasteiger partial charge in [0.2, 0.25) is 0 Å². The number of hydrogen-bond acceptors (Lipinski definition) is 4. The molecule has 0 saturated carbocycles. The highest BCUT2D eigenvalue weighted by molar-refractivity contribution is 7.17. The Morgan fingerprint density at radius 3 is 2.62 bits per heavy atom. The topological polar surface area (TPSA) is 91.3 Å². The maximum atomic E-state index is 12.3. The summed E-state index contributed by atoms with van der Waals surface area (Å²) < 4.78 is 0. The Morgan fingerprint density at radius 2 is 2.00 bits per heavy atom. The number of aryl methyl sites for hydroxylation is 2. The second-order valence-corrected chi connectivity index (χ2v) is 5.66. The van der Waals surface area contributed by atoms with Gasteiger partial charge < -0.3 is 10.4 Å². The molecule has 1 aromatic heterocycles. The van der Waals surface area contributed by atoms with Crippen LogP contribution in [0.5, 0.6) is 0 Å². The predicted molar refractivity (Wildman–Crippen MR) is 82.6 cm³/mol. The first-order valence-electron chi connectivity index (χ1n) is 5.92. The summed E-state index contributed by atoms with van der Waals surface area (Å²) in [5.74, 6) is -0.375. The van der Waals surface area contributed by atoms with Gasteiger partial charge >= 0.3 is 6.09 Å². The van der Waals surface area contributed by atoms with E-state index in [1.807, 2.05) is 13.0 Å². The standard InChI is InChI=1S/C13H12ClN3O3S/c1-6-4-3-5-8(14)9(6)16-11(18)10-7(2)15-12(21-10)17-13(19)20/h3-5H,1-2H3,(H,15,17)(H,16,18)(H,19,20). The quantitative estimate of drug-likeness (QED) is 0.801. The van der Waals surface area contributed by atoms with Gasteiger partial charge in [0, 0.05) is 0 Å². The number of nitrogens with one attached hydrogen (secondary N) is 2. The molecule has 110 valence electrons. The van der Waals surface area contributed by atoms with Crippen LogP contribution >= 0.6 is 22.9 Å². The van der Waals surface area contributed by atoms with Crippen molar-refractivity contribution >= 4 is 45.8 Å².